The molecule has 0 bridgehead atoms. The lowest BCUT2D eigenvalue weighted by atomic mass is 10.2. The Balaban J connectivity index is 2.13. The standard InChI is InChI=1S/C10H14FN3S/c1-10(2)7-14(3-4-15-10)9-12-5-8(11)6-13-9/h5-6H,3-4,7H2,1-2H3. The van der Waals surface area contributed by atoms with Crippen LogP contribution in [-0.4, -0.2) is 33.6 Å². The summed E-state index contributed by atoms with van der Waals surface area (Å²) >= 11 is 1.95. The second-order valence-corrected chi connectivity index (χ2v) is 6.03. The van der Waals surface area contributed by atoms with Crippen LogP contribution in [0.5, 0.6) is 0 Å². The minimum absolute atomic E-state index is 0.218. The van der Waals surface area contributed by atoms with Gasteiger partial charge in [-0.1, -0.05) is 0 Å². The molecule has 1 aliphatic heterocycles. The molecule has 0 aliphatic carbocycles. The van der Waals surface area contributed by atoms with E-state index in [9.17, 15) is 4.39 Å². The predicted molar refractivity (Wildman–Crippen MR) is 60.7 cm³/mol. The van der Waals surface area contributed by atoms with E-state index in [4.69, 9.17) is 0 Å². The van der Waals surface area contributed by atoms with Crippen molar-refractivity contribution in [2.75, 3.05) is 23.7 Å². The topological polar surface area (TPSA) is 29.0 Å². The first kappa shape index (κ1) is 10.7. The van der Waals surface area contributed by atoms with Gasteiger partial charge in [-0.3, -0.25) is 0 Å². The third-order valence-corrected chi connectivity index (χ3v) is 3.61. The van der Waals surface area contributed by atoms with Gasteiger partial charge in [-0.25, -0.2) is 14.4 Å². The minimum atomic E-state index is -0.385. The quantitative estimate of drug-likeness (QED) is 0.733. The molecule has 1 saturated heterocycles. The maximum absolute atomic E-state index is 12.7. The van der Waals surface area contributed by atoms with E-state index >= 15 is 0 Å². The largest absolute Gasteiger partial charge is 0.339 e. The van der Waals surface area contributed by atoms with Crippen LogP contribution in [0.3, 0.4) is 0 Å². The van der Waals surface area contributed by atoms with Gasteiger partial charge in [0.15, 0.2) is 5.82 Å². The first-order valence-corrected chi connectivity index (χ1v) is 5.92. The molecule has 0 aromatic carbocycles. The zero-order chi connectivity index (χ0) is 10.9. The molecule has 1 aromatic heterocycles. The molecule has 0 atom stereocenters. The average molecular weight is 227 g/mol. The van der Waals surface area contributed by atoms with E-state index in [1.165, 1.54) is 12.4 Å². The maximum Gasteiger partial charge on any atom is 0.225 e. The van der Waals surface area contributed by atoms with Crippen molar-refractivity contribution in [1.29, 1.82) is 0 Å². The van der Waals surface area contributed by atoms with Crippen LogP contribution in [-0.2, 0) is 0 Å². The van der Waals surface area contributed by atoms with Gasteiger partial charge in [0.05, 0.1) is 12.4 Å². The molecule has 0 saturated carbocycles. The summed E-state index contributed by atoms with van der Waals surface area (Å²) in [5.41, 5.74) is 0. The Labute approximate surface area is 93.1 Å². The fourth-order valence-corrected chi connectivity index (χ4v) is 2.77. The van der Waals surface area contributed by atoms with Crippen LogP contribution in [0.1, 0.15) is 13.8 Å². The van der Waals surface area contributed by atoms with Gasteiger partial charge in [0.25, 0.3) is 0 Å². The van der Waals surface area contributed by atoms with E-state index in [0.717, 1.165) is 18.8 Å². The molecule has 15 heavy (non-hydrogen) atoms. The summed E-state index contributed by atoms with van der Waals surface area (Å²) in [6.07, 6.45) is 2.44. The number of hydrogen-bond acceptors (Lipinski definition) is 4. The Bertz CT molecular complexity index is 339. The molecule has 1 fully saturated rings. The minimum Gasteiger partial charge on any atom is -0.339 e. The monoisotopic (exact) mass is 227 g/mol. The zero-order valence-electron chi connectivity index (χ0n) is 8.90. The Morgan fingerprint density at radius 1 is 1.40 bits per heavy atom. The van der Waals surface area contributed by atoms with E-state index in [1.807, 2.05) is 11.8 Å². The molecule has 0 spiro atoms. The van der Waals surface area contributed by atoms with Crippen LogP contribution < -0.4 is 4.90 Å². The second kappa shape index (κ2) is 3.96. The molecule has 2 rings (SSSR count). The smallest absolute Gasteiger partial charge is 0.225 e. The number of aromatic nitrogens is 2. The Kier molecular flexibility index (Phi) is 2.82. The molecule has 1 aliphatic rings. The SMILES string of the molecule is CC1(C)CN(c2ncc(F)cn2)CCS1. The van der Waals surface area contributed by atoms with E-state index in [0.29, 0.717) is 5.95 Å². The number of hydrogen-bond donors (Lipinski definition) is 0. The Hall–Kier alpha value is -0.840. The van der Waals surface area contributed by atoms with E-state index in [1.54, 1.807) is 0 Å². The fraction of sp³-hybridized carbons (Fsp3) is 0.600. The Morgan fingerprint density at radius 3 is 2.67 bits per heavy atom. The maximum atomic E-state index is 12.7. The number of thioether (sulfide) groups is 1. The van der Waals surface area contributed by atoms with E-state index in [-0.39, 0.29) is 10.6 Å². The first-order valence-electron chi connectivity index (χ1n) is 4.93. The van der Waals surface area contributed by atoms with Crippen molar-refractivity contribution < 1.29 is 4.39 Å². The molecule has 5 heteroatoms. The van der Waals surface area contributed by atoms with Gasteiger partial charge in [0, 0.05) is 23.6 Å². The Morgan fingerprint density at radius 2 is 2.07 bits per heavy atom. The lowest BCUT2D eigenvalue weighted by Gasteiger charge is -2.37. The first-order chi connectivity index (χ1) is 7.07. The molecule has 3 nitrogen and oxygen atoms in total. The summed E-state index contributed by atoms with van der Waals surface area (Å²) in [5.74, 6) is 1.31. The second-order valence-electron chi connectivity index (χ2n) is 4.23. The molecule has 0 unspecified atom stereocenters. The third-order valence-electron chi connectivity index (χ3n) is 2.32. The lowest BCUT2D eigenvalue weighted by Crippen LogP contribution is -2.43. The molecule has 0 amide bonds. The van der Waals surface area contributed by atoms with Gasteiger partial charge in [-0.05, 0) is 13.8 Å². The molecule has 0 N–H and O–H groups in total. The van der Waals surface area contributed by atoms with Gasteiger partial charge >= 0.3 is 0 Å². The van der Waals surface area contributed by atoms with E-state index in [2.05, 4.69) is 28.7 Å². The van der Waals surface area contributed by atoms with Gasteiger partial charge in [0.2, 0.25) is 5.95 Å². The highest BCUT2D eigenvalue weighted by molar-refractivity contribution is 8.00. The molecule has 1 aromatic rings. The van der Waals surface area contributed by atoms with Gasteiger partial charge < -0.3 is 4.90 Å². The normalized spacial score (nSPS) is 20.3. The molecular weight excluding hydrogens is 213 g/mol. The van der Waals surface area contributed by atoms with Crippen molar-refractivity contribution in [1.82, 2.24) is 9.97 Å². The highest BCUT2D eigenvalue weighted by Gasteiger charge is 2.28. The van der Waals surface area contributed by atoms with Crippen LogP contribution in [0.4, 0.5) is 10.3 Å². The van der Waals surface area contributed by atoms with Crippen molar-refractivity contribution >= 4 is 17.7 Å². The van der Waals surface area contributed by atoms with Crippen molar-refractivity contribution in [2.24, 2.45) is 0 Å². The summed E-state index contributed by atoms with van der Waals surface area (Å²) < 4.78 is 12.9. The highest BCUT2D eigenvalue weighted by atomic mass is 32.2. The van der Waals surface area contributed by atoms with Crippen LogP contribution in [0.15, 0.2) is 12.4 Å². The summed E-state index contributed by atoms with van der Waals surface area (Å²) in [6, 6.07) is 0. The number of rotatable bonds is 1. The highest BCUT2D eigenvalue weighted by Crippen LogP contribution is 2.30. The van der Waals surface area contributed by atoms with Crippen LogP contribution in [0.25, 0.3) is 0 Å². The number of halogens is 1. The summed E-state index contributed by atoms with van der Waals surface area (Å²) in [7, 11) is 0. The van der Waals surface area contributed by atoms with Crippen molar-refractivity contribution in [3.8, 4) is 0 Å². The van der Waals surface area contributed by atoms with Crippen LogP contribution in [0.2, 0.25) is 0 Å². The molecule has 0 radical (unpaired) electrons. The van der Waals surface area contributed by atoms with Crippen LogP contribution >= 0.6 is 11.8 Å². The van der Waals surface area contributed by atoms with Gasteiger partial charge in [0.1, 0.15) is 0 Å². The third kappa shape index (κ3) is 2.59. The number of anilines is 1. The van der Waals surface area contributed by atoms with E-state index < -0.39 is 0 Å². The van der Waals surface area contributed by atoms with Crippen molar-refractivity contribution in [3.05, 3.63) is 18.2 Å². The molecule has 2 heterocycles. The number of nitrogens with zero attached hydrogens (tertiary/aromatic N) is 3. The fourth-order valence-electron chi connectivity index (χ4n) is 1.66. The van der Waals surface area contributed by atoms with Crippen molar-refractivity contribution in [2.45, 2.75) is 18.6 Å². The predicted octanol–water partition coefficient (Wildman–Crippen LogP) is 1.95. The molecular formula is C10H14FN3S. The van der Waals surface area contributed by atoms with Gasteiger partial charge in [-0.2, -0.15) is 11.8 Å². The lowest BCUT2D eigenvalue weighted by molar-refractivity contribution is 0.602. The van der Waals surface area contributed by atoms with Crippen molar-refractivity contribution in [3.63, 3.8) is 0 Å². The van der Waals surface area contributed by atoms with Crippen LogP contribution in [0, 0.1) is 5.82 Å². The summed E-state index contributed by atoms with van der Waals surface area (Å²) in [5, 5.41) is 0. The van der Waals surface area contributed by atoms with Gasteiger partial charge in [-0.15, -0.1) is 0 Å². The summed E-state index contributed by atoms with van der Waals surface area (Å²) in [6.45, 7) is 6.24. The zero-order valence-corrected chi connectivity index (χ0v) is 9.72. The average Bonchev–Trinajstić information content (AvgIpc) is 2.17. The summed E-state index contributed by atoms with van der Waals surface area (Å²) in [4.78, 5) is 10.1. The molecule has 82 valence electrons.